The predicted molar refractivity (Wildman–Crippen MR) is 51.8 cm³/mol. The first-order valence-corrected chi connectivity index (χ1v) is 6.47. The second-order valence-corrected chi connectivity index (χ2v) is 5.40. The summed E-state index contributed by atoms with van der Waals surface area (Å²) in [4.78, 5) is 0. The van der Waals surface area contributed by atoms with Gasteiger partial charge in [0.05, 0.1) is 9.52 Å². The highest BCUT2D eigenvalue weighted by Crippen LogP contribution is 2.12. The Morgan fingerprint density at radius 3 is 3.09 bits per heavy atom. The first-order chi connectivity index (χ1) is 5.43. The molecule has 64 valence electrons. The van der Waals surface area contributed by atoms with Crippen molar-refractivity contribution in [2.24, 2.45) is 0 Å². The summed E-state index contributed by atoms with van der Waals surface area (Å²) in [6.07, 6.45) is 7.24. The van der Waals surface area contributed by atoms with Gasteiger partial charge in [0.25, 0.3) is 0 Å². The van der Waals surface area contributed by atoms with Gasteiger partial charge in [-0.3, -0.25) is 0 Å². The Balaban J connectivity index is 2.00. The molecule has 1 heterocycles. The van der Waals surface area contributed by atoms with E-state index in [9.17, 15) is 0 Å². The van der Waals surface area contributed by atoms with E-state index >= 15 is 0 Å². The van der Waals surface area contributed by atoms with Gasteiger partial charge in [-0.15, -0.1) is 6.58 Å². The van der Waals surface area contributed by atoms with Crippen LogP contribution in [0.4, 0.5) is 0 Å². The average Bonchev–Trinajstić information content (AvgIpc) is 2.07. The van der Waals surface area contributed by atoms with Crippen LogP contribution in [0.3, 0.4) is 0 Å². The van der Waals surface area contributed by atoms with Crippen LogP contribution in [0.5, 0.6) is 0 Å². The maximum Gasteiger partial charge on any atom is 0.0558 e. The van der Waals surface area contributed by atoms with Gasteiger partial charge in [0.15, 0.2) is 0 Å². The van der Waals surface area contributed by atoms with Crippen molar-refractivity contribution in [1.29, 1.82) is 0 Å². The number of allylic oxidation sites excluding steroid dienone is 1. The summed E-state index contributed by atoms with van der Waals surface area (Å²) in [6.45, 7) is 4.74. The van der Waals surface area contributed by atoms with E-state index in [4.69, 9.17) is 4.74 Å². The van der Waals surface area contributed by atoms with Gasteiger partial charge >= 0.3 is 0 Å². The fourth-order valence-corrected chi connectivity index (χ4v) is 3.42. The lowest BCUT2D eigenvalue weighted by Crippen LogP contribution is -2.25. The second kappa shape index (κ2) is 5.55. The third kappa shape index (κ3) is 3.73. The number of hydrogen-bond acceptors (Lipinski definition) is 1. The topological polar surface area (TPSA) is 9.23 Å². The van der Waals surface area contributed by atoms with Crippen molar-refractivity contribution in [2.75, 3.05) is 6.61 Å². The summed E-state index contributed by atoms with van der Waals surface area (Å²) in [5.41, 5.74) is 0.698. The van der Waals surface area contributed by atoms with Gasteiger partial charge in [0, 0.05) is 12.3 Å². The molecule has 1 saturated heterocycles. The van der Waals surface area contributed by atoms with E-state index in [1.165, 1.54) is 31.7 Å². The molecule has 1 aliphatic rings. The lowest BCUT2D eigenvalue weighted by molar-refractivity contribution is 0.0650. The molecule has 1 nitrogen and oxygen atoms in total. The first kappa shape index (κ1) is 9.01. The zero-order valence-electron chi connectivity index (χ0n) is 7.22. The van der Waals surface area contributed by atoms with Crippen LogP contribution < -0.4 is 0 Å². The van der Waals surface area contributed by atoms with Crippen molar-refractivity contribution in [1.82, 2.24) is 0 Å². The predicted octanol–water partition coefficient (Wildman–Crippen LogP) is 1.68. The van der Waals surface area contributed by atoms with Crippen molar-refractivity contribution in [2.45, 2.75) is 37.5 Å². The van der Waals surface area contributed by atoms with Gasteiger partial charge in [-0.05, 0) is 25.7 Å². The summed E-state index contributed by atoms with van der Waals surface area (Å²) < 4.78 is 5.65. The van der Waals surface area contributed by atoms with E-state index < -0.39 is 0 Å². The van der Waals surface area contributed by atoms with E-state index in [1.807, 2.05) is 6.08 Å². The molecule has 0 radical (unpaired) electrons. The Hall–Kier alpha value is -0.0831. The van der Waals surface area contributed by atoms with Crippen LogP contribution in [-0.4, -0.2) is 21.9 Å². The lowest BCUT2D eigenvalue weighted by Gasteiger charge is -2.21. The van der Waals surface area contributed by atoms with Crippen molar-refractivity contribution in [3.8, 4) is 0 Å². The number of ether oxygens (including phenoxy) is 1. The largest absolute Gasteiger partial charge is 0.382 e. The molecule has 0 spiro atoms. The summed E-state index contributed by atoms with van der Waals surface area (Å²) in [5, 5.41) is 0. The van der Waals surface area contributed by atoms with Crippen LogP contribution in [0.25, 0.3) is 0 Å². The lowest BCUT2D eigenvalue weighted by atomic mass is 10.2. The second-order valence-electron chi connectivity index (χ2n) is 3.21. The third-order valence-electron chi connectivity index (χ3n) is 2.21. The highest BCUT2D eigenvalue weighted by atomic mass is 28.2. The van der Waals surface area contributed by atoms with Gasteiger partial charge in [-0.1, -0.05) is 12.1 Å². The Bertz CT molecular complexity index is 108. The maximum atomic E-state index is 5.65. The van der Waals surface area contributed by atoms with Gasteiger partial charge in [0.2, 0.25) is 0 Å². The summed E-state index contributed by atoms with van der Waals surface area (Å²) in [5.74, 6) is 0. The molecule has 0 aliphatic carbocycles. The molecule has 1 aliphatic heterocycles. The molecular weight excluding hydrogens is 152 g/mol. The maximum absolute atomic E-state index is 5.65. The molecule has 0 bridgehead atoms. The van der Waals surface area contributed by atoms with Crippen LogP contribution in [0.2, 0.25) is 6.04 Å². The van der Waals surface area contributed by atoms with Gasteiger partial charge < -0.3 is 4.74 Å². The van der Waals surface area contributed by atoms with E-state index in [0.29, 0.717) is 5.73 Å². The van der Waals surface area contributed by atoms with Crippen LogP contribution in [-0.2, 0) is 4.74 Å². The summed E-state index contributed by atoms with van der Waals surface area (Å²) in [7, 11) is 0.0611. The zero-order valence-corrected chi connectivity index (χ0v) is 8.63. The van der Waals surface area contributed by atoms with E-state index in [2.05, 4.69) is 6.58 Å². The summed E-state index contributed by atoms with van der Waals surface area (Å²) in [6, 6.07) is 1.38. The third-order valence-corrected chi connectivity index (χ3v) is 4.31. The molecule has 0 aromatic rings. The van der Waals surface area contributed by atoms with E-state index in [-0.39, 0.29) is 9.52 Å². The quantitative estimate of drug-likeness (QED) is 0.354. The van der Waals surface area contributed by atoms with Crippen molar-refractivity contribution < 1.29 is 4.74 Å². The molecule has 1 fully saturated rings. The number of hydrogen-bond donors (Lipinski definition) is 0. The average molecular weight is 170 g/mol. The molecule has 1 rings (SSSR count). The van der Waals surface area contributed by atoms with Crippen molar-refractivity contribution >= 4 is 9.52 Å². The number of rotatable bonds is 4. The van der Waals surface area contributed by atoms with Gasteiger partial charge in [-0.25, -0.2) is 0 Å². The Morgan fingerprint density at radius 1 is 1.55 bits per heavy atom. The molecule has 0 amide bonds. The zero-order chi connectivity index (χ0) is 7.94. The fraction of sp³-hybridized carbons (Fsp3) is 0.778. The van der Waals surface area contributed by atoms with Crippen LogP contribution in [0.15, 0.2) is 12.7 Å². The fourth-order valence-electron chi connectivity index (χ4n) is 1.52. The first-order valence-electron chi connectivity index (χ1n) is 4.66. The molecule has 0 aromatic heterocycles. The summed E-state index contributed by atoms with van der Waals surface area (Å²) >= 11 is 0. The van der Waals surface area contributed by atoms with Crippen LogP contribution >= 0.6 is 0 Å². The molecule has 0 N–H and O–H groups in total. The Kier molecular flexibility index (Phi) is 4.55. The molecular formula is C9H18OSi. The standard InChI is InChI=1S/C9H18OSi/c1-2-3-8-11-9-6-4-5-7-10-9/h2,9H,1,3-8,11H2. The highest BCUT2D eigenvalue weighted by molar-refractivity contribution is 6.37. The van der Waals surface area contributed by atoms with Crippen LogP contribution in [0, 0.1) is 0 Å². The SMILES string of the molecule is C=CCC[SiH2]C1CCCCO1. The molecule has 0 saturated carbocycles. The van der Waals surface area contributed by atoms with Gasteiger partial charge in [-0.2, -0.15) is 0 Å². The molecule has 11 heavy (non-hydrogen) atoms. The Labute approximate surface area is 71.7 Å². The molecule has 1 unspecified atom stereocenters. The highest BCUT2D eigenvalue weighted by Gasteiger charge is 2.12. The van der Waals surface area contributed by atoms with Crippen molar-refractivity contribution in [3.63, 3.8) is 0 Å². The molecule has 2 heteroatoms. The van der Waals surface area contributed by atoms with Crippen molar-refractivity contribution in [3.05, 3.63) is 12.7 Å². The van der Waals surface area contributed by atoms with Crippen LogP contribution in [0.1, 0.15) is 25.7 Å². The molecule has 0 aromatic carbocycles. The minimum Gasteiger partial charge on any atom is -0.382 e. The van der Waals surface area contributed by atoms with E-state index in [1.54, 1.807) is 0 Å². The van der Waals surface area contributed by atoms with Gasteiger partial charge in [0.1, 0.15) is 0 Å². The minimum absolute atomic E-state index is 0.0611. The minimum atomic E-state index is 0.0611. The monoisotopic (exact) mass is 170 g/mol. The normalized spacial score (nSPS) is 26.0. The Morgan fingerprint density at radius 2 is 2.45 bits per heavy atom. The smallest absolute Gasteiger partial charge is 0.0558 e. The molecule has 1 atom stereocenters. The van der Waals surface area contributed by atoms with E-state index in [0.717, 1.165) is 6.61 Å².